The van der Waals surface area contributed by atoms with Gasteiger partial charge in [0.1, 0.15) is 6.61 Å². The summed E-state index contributed by atoms with van der Waals surface area (Å²) >= 11 is 0. The van der Waals surface area contributed by atoms with Crippen molar-refractivity contribution in [2.75, 3.05) is 6.61 Å². The highest BCUT2D eigenvalue weighted by atomic mass is 32.2. The average molecular weight is 160 g/mol. The van der Waals surface area contributed by atoms with Crippen LogP contribution in [0, 0.1) is 12.3 Å². The Hall–Kier alpha value is -0.790. The van der Waals surface area contributed by atoms with Crippen molar-refractivity contribution >= 4 is 10.1 Å². The van der Waals surface area contributed by atoms with Gasteiger partial charge in [0.15, 0.2) is 0 Å². The second kappa shape index (κ2) is 4.09. The van der Waals surface area contributed by atoms with Gasteiger partial charge in [-0.3, -0.25) is 4.18 Å². The molecular formula is C6H8O3S. The zero-order valence-electron chi connectivity index (χ0n) is 5.57. The van der Waals surface area contributed by atoms with Crippen LogP contribution in [0.3, 0.4) is 0 Å². The Balaban J connectivity index is 4.05. The van der Waals surface area contributed by atoms with Gasteiger partial charge in [-0.25, -0.2) is 0 Å². The molecule has 0 spiro atoms. The zero-order chi connectivity index (χ0) is 8.04. The van der Waals surface area contributed by atoms with Crippen LogP contribution in [-0.4, -0.2) is 15.0 Å². The fraction of sp³-hybridized carbons (Fsp3) is 0.333. The maximum absolute atomic E-state index is 10.6. The molecule has 10 heavy (non-hydrogen) atoms. The van der Waals surface area contributed by atoms with Gasteiger partial charge < -0.3 is 0 Å². The number of allylic oxidation sites excluding steroid dienone is 1. The van der Waals surface area contributed by atoms with E-state index in [-0.39, 0.29) is 6.61 Å². The van der Waals surface area contributed by atoms with Crippen LogP contribution in [0.25, 0.3) is 0 Å². The molecule has 3 nitrogen and oxygen atoms in total. The summed E-state index contributed by atoms with van der Waals surface area (Å²) in [7, 11) is -3.52. The first-order valence-corrected chi connectivity index (χ1v) is 4.05. The van der Waals surface area contributed by atoms with Crippen LogP contribution in [0.5, 0.6) is 0 Å². The van der Waals surface area contributed by atoms with Crippen LogP contribution in [-0.2, 0) is 14.3 Å². The van der Waals surface area contributed by atoms with E-state index < -0.39 is 10.1 Å². The summed E-state index contributed by atoms with van der Waals surface area (Å²) in [5, 5.41) is 0.949. The summed E-state index contributed by atoms with van der Waals surface area (Å²) in [5.74, 6) is 2.05. The molecule has 0 radical (unpaired) electrons. The van der Waals surface area contributed by atoms with Crippen LogP contribution in [0.1, 0.15) is 6.92 Å². The lowest BCUT2D eigenvalue weighted by Crippen LogP contribution is -2.01. The molecule has 0 aromatic heterocycles. The molecule has 0 saturated heterocycles. The minimum absolute atomic E-state index is 0.216. The van der Waals surface area contributed by atoms with Gasteiger partial charge in [0.05, 0.1) is 5.41 Å². The van der Waals surface area contributed by atoms with Gasteiger partial charge in [-0.05, 0) is 6.92 Å². The molecule has 0 aliphatic heterocycles. The molecule has 56 valence electrons. The molecule has 0 aromatic carbocycles. The second-order valence-corrected chi connectivity index (χ2v) is 2.92. The summed E-state index contributed by atoms with van der Waals surface area (Å²) in [4.78, 5) is 0. The van der Waals surface area contributed by atoms with Crippen molar-refractivity contribution in [1.82, 2.24) is 0 Å². The molecule has 0 fully saturated rings. The van der Waals surface area contributed by atoms with Gasteiger partial charge in [-0.1, -0.05) is 12.0 Å². The Morgan fingerprint density at radius 1 is 1.70 bits per heavy atom. The third kappa shape index (κ3) is 4.13. The maximum atomic E-state index is 10.6. The second-order valence-electron chi connectivity index (χ2n) is 1.43. The van der Waals surface area contributed by atoms with E-state index in [2.05, 4.69) is 4.18 Å². The molecule has 0 aliphatic rings. The number of hydrogen-bond donors (Lipinski definition) is 0. The normalized spacial score (nSPS) is 11.6. The Morgan fingerprint density at radius 3 is 2.70 bits per heavy atom. The molecule has 0 heterocycles. The highest BCUT2D eigenvalue weighted by Gasteiger charge is 2.01. The van der Waals surface area contributed by atoms with Crippen molar-refractivity contribution in [2.45, 2.75) is 6.92 Å². The Bertz CT molecular complexity index is 243. The van der Waals surface area contributed by atoms with Crippen molar-refractivity contribution < 1.29 is 12.6 Å². The summed E-state index contributed by atoms with van der Waals surface area (Å²) in [5.41, 5.74) is 0. The number of hydrogen-bond acceptors (Lipinski definition) is 3. The molecule has 0 bridgehead atoms. The predicted molar refractivity (Wildman–Crippen MR) is 38.5 cm³/mol. The van der Waals surface area contributed by atoms with Gasteiger partial charge in [-0.15, -0.1) is 6.42 Å². The highest BCUT2D eigenvalue weighted by Crippen LogP contribution is 1.93. The van der Waals surface area contributed by atoms with E-state index in [1.54, 1.807) is 6.92 Å². The van der Waals surface area contributed by atoms with E-state index in [0.717, 1.165) is 5.41 Å². The molecular weight excluding hydrogens is 152 g/mol. The smallest absolute Gasteiger partial charge is 0.254 e. The lowest BCUT2D eigenvalue weighted by atomic mass is 10.8. The highest BCUT2D eigenvalue weighted by molar-refractivity contribution is 7.89. The first-order chi connectivity index (χ1) is 4.62. The minimum Gasteiger partial charge on any atom is -0.254 e. The SMILES string of the molecule is C#CCOS(=O)(=O)/C=C\C. The topological polar surface area (TPSA) is 43.4 Å². The average Bonchev–Trinajstić information content (AvgIpc) is 1.84. The fourth-order valence-corrected chi connectivity index (χ4v) is 0.966. The molecule has 0 atom stereocenters. The predicted octanol–water partition coefficient (Wildman–Crippen LogP) is 0.500. The van der Waals surface area contributed by atoms with Crippen LogP contribution >= 0.6 is 0 Å². The molecule has 0 saturated carbocycles. The van der Waals surface area contributed by atoms with Crippen molar-refractivity contribution in [2.24, 2.45) is 0 Å². The van der Waals surface area contributed by atoms with E-state index in [0.29, 0.717) is 0 Å². The van der Waals surface area contributed by atoms with Crippen molar-refractivity contribution in [3.8, 4) is 12.3 Å². The molecule has 0 unspecified atom stereocenters. The Morgan fingerprint density at radius 2 is 2.30 bits per heavy atom. The van der Waals surface area contributed by atoms with Crippen LogP contribution in [0.2, 0.25) is 0 Å². The Labute approximate surface area is 60.8 Å². The summed E-state index contributed by atoms with van der Waals surface area (Å²) in [6.45, 7) is 1.36. The summed E-state index contributed by atoms with van der Waals surface area (Å²) in [6, 6.07) is 0. The summed E-state index contributed by atoms with van der Waals surface area (Å²) < 4.78 is 25.4. The largest absolute Gasteiger partial charge is 0.290 e. The quantitative estimate of drug-likeness (QED) is 0.446. The van der Waals surface area contributed by atoms with Crippen molar-refractivity contribution in [3.05, 3.63) is 11.5 Å². The van der Waals surface area contributed by atoms with Crippen LogP contribution in [0.4, 0.5) is 0 Å². The Kier molecular flexibility index (Phi) is 3.77. The maximum Gasteiger partial charge on any atom is 0.290 e. The fourth-order valence-electron chi connectivity index (χ4n) is 0.322. The van der Waals surface area contributed by atoms with E-state index >= 15 is 0 Å². The molecule has 0 aromatic rings. The van der Waals surface area contributed by atoms with Gasteiger partial charge in [0.25, 0.3) is 10.1 Å². The molecule has 0 N–H and O–H groups in total. The first kappa shape index (κ1) is 9.21. The zero-order valence-corrected chi connectivity index (χ0v) is 6.39. The standard InChI is InChI=1S/C6H8O3S/c1-3-5-9-10(7,8)6-4-2/h1,4,6H,5H2,2H3/b6-4-. The van der Waals surface area contributed by atoms with Gasteiger partial charge in [-0.2, -0.15) is 8.42 Å². The van der Waals surface area contributed by atoms with Gasteiger partial charge in [0, 0.05) is 0 Å². The first-order valence-electron chi connectivity index (χ1n) is 2.58. The van der Waals surface area contributed by atoms with Crippen LogP contribution in [0.15, 0.2) is 11.5 Å². The minimum atomic E-state index is -3.52. The van der Waals surface area contributed by atoms with Crippen molar-refractivity contribution in [1.29, 1.82) is 0 Å². The third-order valence-electron chi connectivity index (χ3n) is 0.609. The molecule has 0 aliphatic carbocycles. The van der Waals surface area contributed by atoms with E-state index in [1.807, 2.05) is 5.92 Å². The van der Waals surface area contributed by atoms with E-state index in [9.17, 15) is 8.42 Å². The third-order valence-corrected chi connectivity index (χ3v) is 1.66. The van der Waals surface area contributed by atoms with Gasteiger partial charge in [0.2, 0.25) is 0 Å². The lowest BCUT2D eigenvalue weighted by molar-refractivity contribution is 0.370. The van der Waals surface area contributed by atoms with Crippen LogP contribution < -0.4 is 0 Å². The number of terminal acetylenes is 1. The van der Waals surface area contributed by atoms with E-state index in [4.69, 9.17) is 6.42 Å². The summed E-state index contributed by atoms with van der Waals surface area (Å²) in [6.07, 6.45) is 6.14. The lowest BCUT2D eigenvalue weighted by Gasteiger charge is -1.93. The molecule has 0 rings (SSSR count). The van der Waals surface area contributed by atoms with E-state index in [1.165, 1.54) is 6.08 Å². The van der Waals surface area contributed by atoms with Crippen molar-refractivity contribution in [3.63, 3.8) is 0 Å². The monoisotopic (exact) mass is 160 g/mol. The van der Waals surface area contributed by atoms with Gasteiger partial charge >= 0.3 is 0 Å². The molecule has 4 heteroatoms. The number of rotatable bonds is 3. The molecule has 0 amide bonds.